The van der Waals surface area contributed by atoms with Crippen LogP contribution in [0.3, 0.4) is 0 Å². The lowest BCUT2D eigenvalue weighted by Gasteiger charge is -2.16. The molecular weight excluding hydrogens is 618 g/mol. The summed E-state index contributed by atoms with van der Waals surface area (Å²) in [6.07, 6.45) is 0. The molecule has 1 heterocycles. The number of aliphatic hydroxyl groups excluding tert-OH is 1. The van der Waals surface area contributed by atoms with Gasteiger partial charge in [-0.15, -0.1) is 0 Å². The molecule has 0 spiro atoms. The molecule has 0 unspecified atom stereocenters. The van der Waals surface area contributed by atoms with E-state index in [1.165, 1.54) is 0 Å². The molecule has 0 aliphatic rings. The summed E-state index contributed by atoms with van der Waals surface area (Å²) >= 11 is 3.70. The number of hydrogen-bond acceptors (Lipinski definition) is 5. The van der Waals surface area contributed by atoms with E-state index in [4.69, 9.17) is 5.11 Å². The number of para-hydroxylation sites is 1. The molecular formula is C37H28BrNO5. The number of hydrogen-bond donors (Lipinski definition) is 5. The highest BCUT2D eigenvalue weighted by molar-refractivity contribution is 9.10. The predicted molar refractivity (Wildman–Crippen MR) is 180 cm³/mol. The number of phenolic OH excluding ortho intramolecular Hbond substituents is 4. The molecule has 0 atom stereocenters. The first kappa shape index (κ1) is 28.9. The fourth-order valence-electron chi connectivity index (χ4n) is 5.77. The molecule has 0 aliphatic heterocycles. The van der Waals surface area contributed by atoms with E-state index in [1.807, 2.05) is 54.6 Å². The Morgan fingerprint density at radius 3 is 1.91 bits per heavy atom. The maximum atomic E-state index is 10.7. The smallest absolute Gasteiger partial charge is 0.201 e. The molecule has 44 heavy (non-hydrogen) atoms. The van der Waals surface area contributed by atoms with Crippen LogP contribution in [-0.2, 0) is 0 Å². The zero-order valence-electron chi connectivity index (χ0n) is 23.6. The summed E-state index contributed by atoms with van der Waals surface area (Å²) in [6, 6.07) is 39.5. The Bertz CT molecular complexity index is 2170. The fourth-order valence-corrected chi connectivity index (χ4v) is 6.29. The molecule has 1 aromatic heterocycles. The molecule has 5 N–H and O–H groups in total. The van der Waals surface area contributed by atoms with Crippen LogP contribution in [0.4, 0.5) is 0 Å². The second-order valence-electron chi connectivity index (χ2n) is 10.1. The topological polar surface area (TPSA) is 106 Å². The molecule has 0 aliphatic carbocycles. The Kier molecular flexibility index (Phi) is 7.74. The van der Waals surface area contributed by atoms with Crippen molar-refractivity contribution in [2.24, 2.45) is 0 Å². The largest absolute Gasteiger partial charge is 0.507 e. The van der Waals surface area contributed by atoms with Crippen LogP contribution in [0, 0.1) is 0 Å². The van der Waals surface area contributed by atoms with Crippen molar-refractivity contribution in [3.63, 3.8) is 0 Å². The van der Waals surface area contributed by atoms with Gasteiger partial charge in [0.1, 0.15) is 5.75 Å². The van der Waals surface area contributed by atoms with Crippen molar-refractivity contribution in [2.75, 3.05) is 7.11 Å². The van der Waals surface area contributed by atoms with E-state index in [0.29, 0.717) is 5.56 Å². The van der Waals surface area contributed by atoms with Gasteiger partial charge >= 0.3 is 0 Å². The van der Waals surface area contributed by atoms with Crippen molar-refractivity contribution in [1.82, 2.24) is 4.57 Å². The fraction of sp³-hybridized carbons (Fsp3) is 0.0270. The van der Waals surface area contributed by atoms with Gasteiger partial charge < -0.3 is 30.1 Å². The molecule has 0 saturated heterocycles. The molecule has 0 saturated carbocycles. The van der Waals surface area contributed by atoms with Crippen molar-refractivity contribution in [2.45, 2.75) is 0 Å². The number of benzene rings is 6. The summed E-state index contributed by atoms with van der Waals surface area (Å²) in [6.45, 7) is 0. The predicted octanol–water partition coefficient (Wildman–Crippen LogP) is 8.98. The molecule has 7 aromatic rings. The van der Waals surface area contributed by atoms with Gasteiger partial charge in [0.2, 0.25) is 5.75 Å². The minimum Gasteiger partial charge on any atom is -0.507 e. The standard InChI is InChI=1S/C36H24BrNO4.CH4O/c37-29-14-5-3-11-25(29)22-16-17-27-26-12-4-6-15-30(26)38(31(27)19-22)23-9-7-8-21(18-23)24-10-1-2-13-28(24)34-32(39)20-33(40)35(41)36(34)42;1-2/h1-20,39-42H;2H,1H3. The van der Waals surface area contributed by atoms with Gasteiger partial charge in [-0.05, 0) is 58.1 Å². The van der Waals surface area contributed by atoms with Crippen LogP contribution in [0.1, 0.15) is 0 Å². The Hall–Kier alpha value is -5.24. The minimum atomic E-state index is -0.683. The lowest BCUT2D eigenvalue weighted by Crippen LogP contribution is -1.95. The summed E-state index contributed by atoms with van der Waals surface area (Å²) < 4.78 is 3.27. The van der Waals surface area contributed by atoms with Gasteiger partial charge in [-0.3, -0.25) is 0 Å². The summed E-state index contributed by atoms with van der Waals surface area (Å²) in [7, 11) is 1.00. The first-order chi connectivity index (χ1) is 21.4. The van der Waals surface area contributed by atoms with E-state index in [2.05, 4.69) is 69.0 Å². The van der Waals surface area contributed by atoms with E-state index in [1.54, 1.807) is 12.1 Å². The zero-order chi connectivity index (χ0) is 31.0. The zero-order valence-corrected chi connectivity index (χ0v) is 25.2. The number of aromatic nitrogens is 1. The van der Waals surface area contributed by atoms with Crippen molar-refractivity contribution in [3.8, 4) is 62.1 Å². The van der Waals surface area contributed by atoms with E-state index >= 15 is 0 Å². The Labute approximate surface area is 262 Å². The maximum Gasteiger partial charge on any atom is 0.201 e. The third-order valence-electron chi connectivity index (χ3n) is 7.70. The molecule has 7 rings (SSSR count). The Morgan fingerprint density at radius 1 is 0.500 bits per heavy atom. The van der Waals surface area contributed by atoms with E-state index in [-0.39, 0.29) is 11.3 Å². The lowest BCUT2D eigenvalue weighted by atomic mass is 9.93. The van der Waals surface area contributed by atoms with E-state index in [9.17, 15) is 20.4 Å². The van der Waals surface area contributed by atoms with Crippen LogP contribution in [0.25, 0.3) is 60.9 Å². The molecule has 6 aromatic carbocycles. The summed E-state index contributed by atoms with van der Waals surface area (Å²) in [5, 5.41) is 50.7. The van der Waals surface area contributed by atoms with Crippen molar-refractivity contribution in [1.29, 1.82) is 0 Å². The van der Waals surface area contributed by atoms with Gasteiger partial charge in [-0.25, -0.2) is 0 Å². The second kappa shape index (κ2) is 11.8. The van der Waals surface area contributed by atoms with Crippen LogP contribution in [-0.4, -0.2) is 37.2 Å². The molecule has 0 fully saturated rings. The van der Waals surface area contributed by atoms with Crippen LogP contribution in [0.2, 0.25) is 0 Å². The van der Waals surface area contributed by atoms with Crippen LogP contribution >= 0.6 is 15.9 Å². The highest BCUT2D eigenvalue weighted by atomic mass is 79.9. The van der Waals surface area contributed by atoms with E-state index in [0.717, 1.165) is 67.4 Å². The van der Waals surface area contributed by atoms with Crippen LogP contribution in [0.5, 0.6) is 23.0 Å². The average Bonchev–Trinajstić information content (AvgIpc) is 3.39. The van der Waals surface area contributed by atoms with Crippen LogP contribution in [0.15, 0.2) is 126 Å². The molecule has 6 nitrogen and oxygen atoms in total. The lowest BCUT2D eigenvalue weighted by molar-refractivity contribution is 0.362. The number of nitrogens with zero attached hydrogens (tertiary/aromatic N) is 1. The minimum absolute atomic E-state index is 0.0428. The maximum absolute atomic E-state index is 10.7. The normalized spacial score (nSPS) is 11.0. The SMILES string of the molecule is CO.Oc1cc(O)c(-c2ccccc2-c2cccc(-n3c4ccccc4c4ccc(-c5ccccc5Br)cc43)c2)c(O)c1O. The molecule has 0 amide bonds. The first-order valence-corrected chi connectivity index (χ1v) is 14.6. The highest BCUT2D eigenvalue weighted by Gasteiger charge is 2.21. The van der Waals surface area contributed by atoms with Gasteiger partial charge in [-0.1, -0.05) is 101 Å². The summed E-state index contributed by atoms with van der Waals surface area (Å²) in [5.41, 5.74) is 7.43. The Morgan fingerprint density at radius 2 is 1.14 bits per heavy atom. The number of rotatable bonds is 4. The van der Waals surface area contributed by atoms with Gasteiger partial charge in [-0.2, -0.15) is 0 Å². The van der Waals surface area contributed by atoms with Gasteiger partial charge in [0.15, 0.2) is 11.5 Å². The molecule has 0 bridgehead atoms. The molecule has 218 valence electrons. The Balaban J connectivity index is 0.00000168. The number of aliphatic hydroxyl groups is 1. The average molecular weight is 647 g/mol. The highest BCUT2D eigenvalue weighted by Crippen LogP contribution is 2.50. The van der Waals surface area contributed by atoms with Crippen LogP contribution < -0.4 is 0 Å². The van der Waals surface area contributed by atoms with Crippen molar-refractivity contribution < 1.29 is 25.5 Å². The number of phenols is 4. The number of fused-ring (bicyclic) bond motifs is 3. The quantitative estimate of drug-likeness (QED) is 0.0970. The number of aromatic hydroxyl groups is 4. The third-order valence-corrected chi connectivity index (χ3v) is 8.40. The van der Waals surface area contributed by atoms with Gasteiger partial charge in [0.05, 0.1) is 16.6 Å². The molecule has 0 radical (unpaired) electrons. The van der Waals surface area contributed by atoms with Crippen molar-refractivity contribution in [3.05, 3.63) is 126 Å². The summed E-state index contributed by atoms with van der Waals surface area (Å²) in [4.78, 5) is 0. The van der Waals surface area contributed by atoms with Gasteiger partial charge in [0.25, 0.3) is 0 Å². The second-order valence-corrected chi connectivity index (χ2v) is 11.0. The van der Waals surface area contributed by atoms with E-state index < -0.39 is 17.2 Å². The monoisotopic (exact) mass is 645 g/mol. The number of halogens is 1. The first-order valence-electron chi connectivity index (χ1n) is 13.8. The molecule has 7 heteroatoms. The van der Waals surface area contributed by atoms with Gasteiger partial charge in [0, 0.05) is 34.1 Å². The third kappa shape index (κ3) is 4.82. The van der Waals surface area contributed by atoms with Crippen molar-refractivity contribution >= 4 is 37.7 Å². The summed E-state index contributed by atoms with van der Waals surface area (Å²) in [5.74, 6) is -2.20.